The van der Waals surface area contributed by atoms with Crippen molar-refractivity contribution in [1.82, 2.24) is 6.15 Å². The van der Waals surface area contributed by atoms with E-state index in [-0.39, 0.29) is 51.7 Å². The maximum atomic E-state index is 0. The molecule has 0 aromatic carbocycles. The molecule has 9 radical (unpaired) electrons. The third-order valence-corrected chi connectivity index (χ3v) is 0. The Morgan fingerprint density at radius 1 is 1.00 bits per heavy atom. The maximum absolute atomic E-state index is 0. The molecule has 0 bridgehead atoms. The van der Waals surface area contributed by atoms with Gasteiger partial charge in [0, 0.05) is 45.6 Å². The summed E-state index contributed by atoms with van der Waals surface area (Å²) < 4.78 is 0. The smallest absolute Gasteiger partial charge is 0 e. The van der Waals surface area contributed by atoms with Crippen molar-refractivity contribution in [3.8, 4) is 0 Å². The van der Waals surface area contributed by atoms with Crippen molar-refractivity contribution in [2.24, 2.45) is 0 Å². The first-order valence-electron chi connectivity index (χ1n) is 0. The van der Waals surface area contributed by atoms with Crippen LogP contribution in [-0.2, 0) is 0 Å². The summed E-state index contributed by atoms with van der Waals surface area (Å²) in [7, 11) is 0. The van der Waals surface area contributed by atoms with Gasteiger partial charge in [-0.1, -0.05) is 0 Å². The molecular weight excluding hydrogens is 122 g/mol. The van der Waals surface area contributed by atoms with Gasteiger partial charge in [0.2, 0.25) is 0 Å². The van der Waals surface area contributed by atoms with Crippen LogP contribution < -0.4 is 6.15 Å². The van der Waals surface area contributed by atoms with Crippen LogP contribution in [-0.4, -0.2) is 45.6 Å². The van der Waals surface area contributed by atoms with Crippen molar-refractivity contribution in [2.75, 3.05) is 0 Å². The van der Waals surface area contributed by atoms with Crippen LogP contribution in [0.2, 0.25) is 0 Å². The first kappa shape index (κ1) is 64.1. The molecular formula is H3AlBGaN. The SMILES string of the molecule is N.[Al].[B].[Ga]. The second-order valence-corrected chi connectivity index (χ2v) is 0. The van der Waals surface area contributed by atoms with E-state index in [1.807, 2.05) is 0 Å². The minimum Gasteiger partial charge on any atom is -0.344 e. The van der Waals surface area contributed by atoms with Gasteiger partial charge in [-0.2, -0.15) is 0 Å². The molecule has 17 valence electrons. The van der Waals surface area contributed by atoms with E-state index in [0.29, 0.717) is 0 Å². The van der Waals surface area contributed by atoms with Crippen molar-refractivity contribution < 1.29 is 0 Å². The van der Waals surface area contributed by atoms with E-state index < -0.39 is 0 Å². The first-order chi connectivity index (χ1) is 0. The van der Waals surface area contributed by atoms with Gasteiger partial charge in [-0.15, -0.1) is 0 Å². The van der Waals surface area contributed by atoms with Crippen LogP contribution in [0, 0.1) is 0 Å². The molecule has 0 saturated heterocycles. The van der Waals surface area contributed by atoms with E-state index >= 15 is 0 Å². The topological polar surface area (TPSA) is 35.0 Å². The molecule has 3 N–H and O–H groups in total. The molecule has 0 aromatic rings. The average Bonchev–Trinajstić information content (AvgIpc) is 0. The molecule has 0 fully saturated rings. The summed E-state index contributed by atoms with van der Waals surface area (Å²) in [6.45, 7) is 0. The summed E-state index contributed by atoms with van der Waals surface area (Å²) in [5, 5.41) is 0. The molecule has 4 heteroatoms. The van der Waals surface area contributed by atoms with Gasteiger partial charge in [0.05, 0.1) is 0 Å². The molecule has 0 unspecified atom stereocenters. The number of hydrogen-bond acceptors (Lipinski definition) is 1. The Kier molecular flexibility index (Phi) is 481. The van der Waals surface area contributed by atoms with Crippen LogP contribution in [0.5, 0.6) is 0 Å². The van der Waals surface area contributed by atoms with E-state index in [1.54, 1.807) is 0 Å². The zero-order valence-electron chi connectivity index (χ0n) is 2.44. The monoisotopic (exact) mass is 124 g/mol. The van der Waals surface area contributed by atoms with E-state index in [0.717, 1.165) is 0 Å². The molecule has 4 heavy (non-hydrogen) atoms. The number of rotatable bonds is 0. The first-order valence-corrected chi connectivity index (χ1v) is 0. The minimum absolute atomic E-state index is 0. The van der Waals surface area contributed by atoms with Crippen LogP contribution in [0.4, 0.5) is 0 Å². The molecule has 0 heterocycles. The predicted molar refractivity (Wildman–Crippen MR) is 22.3 cm³/mol. The van der Waals surface area contributed by atoms with Crippen molar-refractivity contribution >= 4 is 45.6 Å². The van der Waals surface area contributed by atoms with Crippen molar-refractivity contribution in [3.63, 3.8) is 0 Å². The molecule has 0 amide bonds. The van der Waals surface area contributed by atoms with Gasteiger partial charge in [-0.3, -0.25) is 0 Å². The minimum atomic E-state index is 0. The van der Waals surface area contributed by atoms with Crippen LogP contribution in [0.1, 0.15) is 0 Å². The van der Waals surface area contributed by atoms with Gasteiger partial charge in [-0.05, 0) is 0 Å². The van der Waals surface area contributed by atoms with Crippen molar-refractivity contribution in [1.29, 1.82) is 0 Å². The third kappa shape index (κ3) is 10.8. The van der Waals surface area contributed by atoms with Gasteiger partial charge in [0.15, 0.2) is 0 Å². The zero-order chi connectivity index (χ0) is 0. The quantitative estimate of drug-likeness (QED) is 0.414. The van der Waals surface area contributed by atoms with Crippen molar-refractivity contribution in [2.45, 2.75) is 0 Å². The summed E-state index contributed by atoms with van der Waals surface area (Å²) in [6.07, 6.45) is 0. The summed E-state index contributed by atoms with van der Waals surface area (Å²) in [5.74, 6) is 0. The maximum Gasteiger partial charge on any atom is 0 e. The van der Waals surface area contributed by atoms with E-state index in [1.165, 1.54) is 0 Å². The fourth-order valence-corrected chi connectivity index (χ4v) is 0. The molecule has 1 nitrogen and oxygen atoms in total. The standard InChI is InChI=1S/Al.B.Ga.H3N/h;;;1H3. The van der Waals surface area contributed by atoms with Gasteiger partial charge in [0.25, 0.3) is 0 Å². The Bertz CT molecular complexity index is 8.00. The zero-order valence-corrected chi connectivity index (χ0v) is 6.02. The molecule has 0 aliphatic rings. The average molecular weight is 125 g/mol. The Balaban J connectivity index is 0. The largest absolute Gasteiger partial charge is 0.344 e. The van der Waals surface area contributed by atoms with E-state index in [4.69, 9.17) is 0 Å². The van der Waals surface area contributed by atoms with Gasteiger partial charge >= 0.3 is 0 Å². The Morgan fingerprint density at radius 3 is 1.00 bits per heavy atom. The van der Waals surface area contributed by atoms with Gasteiger partial charge < -0.3 is 6.15 Å². The van der Waals surface area contributed by atoms with E-state index in [9.17, 15) is 0 Å². The summed E-state index contributed by atoms with van der Waals surface area (Å²) in [4.78, 5) is 0. The second-order valence-electron chi connectivity index (χ2n) is 0. The van der Waals surface area contributed by atoms with Crippen LogP contribution >= 0.6 is 0 Å². The van der Waals surface area contributed by atoms with Gasteiger partial charge in [-0.25, -0.2) is 0 Å². The van der Waals surface area contributed by atoms with Gasteiger partial charge in [0.1, 0.15) is 0 Å². The van der Waals surface area contributed by atoms with Crippen molar-refractivity contribution in [3.05, 3.63) is 0 Å². The van der Waals surface area contributed by atoms with Crippen LogP contribution in [0.25, 0.3) is 0 Å². The summed E-state index contributed by atoms with van der Waals surface area (Å²) in [6, 6.07) is 0. The molecule has 0 saturated carbocycles. The molecule has 0 aliphatic carbocycles. The Labute approximate surface area is 51.9 Å². The fraction of sp³-hybridized carbons (Fsp3) is 0. The Morgan fingerprint density at radius 2 is 1.00 bits per heavy atom. The molecule has 0 spiro atoms. The Hall–Kier alpha value is 1.19. The summed E-state index contributed by atoms with van der Waals surface area (Å²) in [5.41, 5.74) is 0. The summed E-state index contributed by atoms with van der Waals surface area (Å²) >= 11 is 0. The third-order valence-electron chi connectivity index (χ3n) is 0. The predicted octanol–water partition coefficient (Wildman–Crippen LogP) is -0.980. The molecule has 0 atom stereocenters. The van der Waals surface area contributed by atoms with Crippen LogP contribution in [0.15, 0.2) is 0 Å². The van der Waals surface area contributed by atoms with E-state index in [2.05, 4.69) is 0 Å². The molecule has 0 aromatic heterocycles. The normalized spacial score (nSPS) is 0. The molecule has 0 aliphatic heterocycles. The van der Waals surface area contributed by atoms with Crippen LogP contribution in [0.3, 0.4) is 0 Å². The number of hydrogen-bond donors (Lipinski definition) is 1. The second kappa shape index (κ2) is 30.0. The molecule has 0 rings (SSSR count). The fourth-order valence-electron chi connectivity index (χ4n) is 0.